The lowest BCUT2D eigenvalue weighted by Gasteiger charge is -2.25. The van der Waals surface area contributed by atoms with Crippen molar-refractivity contribution in [3.63, 3.8) is 0 Å². The first-order chi connectivity index (χ1) is 7.46. The van der Waals surface area contributed by atoms with Crippen LogP contribution in [0.25, 0.3) is 0 Å². The van der Waals surface area contributed by atoms with Crippen LogP contribution < -0.4 is 5.32 Å². The van der Waals surface area contributed by atoms with Crippen molar-refractivity contribution in [2.24, 2.45) is 0 Å². The second-order valence-electron chi connectivity index (χ2n) is 4.48. The molecule has 0 atom stereocenters. The molecule has 2 N–H and O–H groups in total. The predicted octanol–water partition coefficient (Wildman–Crippen LogP) is 2.10. The van der Waals surface area contributed by atoms with E-state index in [0.717, 1.165) is 12.8 Å². The van der Waals surface area contributed by atoms with E-state index in [-0.39, 0.29) is 22.8 Å². The van der Waals surface area contributed by atoms with Crippen molar-refractivity contribution in [2.45, 2.75) is 39.2 Å². The minimum Gasteiger partial charge on any atom is -0.505 e. The molecule has 0 aliphatic carbocycles. The summed E-state index contributed by atoms with van der Waals surface area (Å²) >= 11 is 0. The van der Waals surface area contributed by atoms with Gasteiger partial charge in [-0.15, -0.1) is 0 Å². The molecule has 88 valence electrons. The molecule has 0 unspecified atom stereocenters. The highest BCUT2D eigenvalue weighted by atomic mass is 16.3. The van der Waals surface area contributed by atoms with Gasteiger partial charge in [0.2, 0.25) is 0 Å². The number of amides is 1. The Balaban J connectivity index is 2.77. The molecule has 0 spiro atoms. The van der Waals surface area contributed by atoms with Gasteiger partial charge in [-0.2, -0.15) is 0 Å². The molecule has 0 fully saturated rings. The number of nitrogens with one attached hydrogen (secondary N) is 1. The quantitative estimate of drug-likeness (QED) is 0.820. The number of aromatic hydroxyl groups is 1. The topological polar surface area (TPSA) is 62.2 Å². The monoisotopic (exact) mass is 222 g/mol. The molecule has 1 amide bonds. The Kier molecular flexibility index (Phi) is 3.88. The lowest BCUT2D eigenvalue weighted by molar-refractivity contribution is 0.0906. The van der Waals surface area contributed by atoms with Crippen LogP contribution >= 0.6 is 0 Å². The summed E-state index contributed by atoms with van der Waals surface area (Å²) in [5.74, 6) is -0.356. The van der Waals surface area contributed by atoms with Gasteiger partial charge in [0.05, 0.1) is 11.8 Å². The molecule has 1 aromatic heterocycles. The summed E-state index contributed by atoms with van der Waals surface area (Å²) in [6.45, 7) is 6.00. The second kappa shape index (κ2) is 4.96. The van der Waals surface area contributed by atoms with Crippen molar-refractivity contribution in [1.29, 1.82) is 0 Å². The molecule has 0 radical (unpaired) electrons. The molecule has 0 aliphatic heterocycles. The Morgan fingerprint density at radius 1 is 1.56 bits per heavy atom. The SMILES string of the molecule is CCCC(C)(C)NC(=O)c1ccncc1O. The smallest absolute Gasteiger partial charge is 0.255 e. The molecule has 0 saturated heterocycles. The van der Waals surface area contributed by atoms with Gasteiger partial charge >= 0.3 is 0 Å². The zero-order valence-corrected chi connectivity index (χ0v) is 9.95. The number of carbonyl (C=O) groups excluding carboxylic acids is 1. The summed E-state index contributed by atoms with van der Waals surface area (Å²) in [7, 11) is 0. The van der Waals surface area contributed by atoms with Crippen LogP contribution in [0.2, 0.25) is 0 Å². The molecule has 4 heteroatoms. The summed E-state index contributed by atoms with van der Waals surface area (Å²) < 4.78 is 0. The van der Waals surface area contributed by atoms with Crippen molar-refractivity contribution >= 4 is 5.91 Å². The third-order valence-corrected chi connectivity index (χ3v) is 2.37. The molecular formula is C12H18N2O2. The van der Waals surface area contributed by atoms with Crippen LogP contribution in [0.4, 0.5) is 0 Å². The Bertz CT molecular complexity index is 375. The van der Waals surface area contributed by atoms with Crippen LogP contribution in [0.1, 0.15) is 44.0 Å². The molecule has 1 rings (SSSR count). The molecule has 1 heterocycles. The van der Waals surface area contributed by atoms with E-state index < -0.39 is 0 Å². The van der Waals surface area contributed by atoms with Crippen molar-refractivity contribution in [2.75, 3.05) is 0 Å². The molecule has 0 bridgehead atoms. The standard InChI is InChI=1S/C12H18N2O2/c1-4-6-12(2,3)14-11(16)9-5-7-13-8-10(9)15/h5,7-8,15H,4,6H2,1-3H3,(H,14,16). The van der Waals surface area contributed by atoms with E-state index in [9.17, 15) is 9.90 Å². The fourth-order valence-electron chi connectivity index (χ4n) is 1.64. The molecule has 1 aromatic rings. The van der Waals surface area contributed by atoms with E-state index in [1.165, 1.54) is 18.5 Å². The summed E-state index contributed by atoms with van der Waals surface area (Å²) in [6, 6.07) is 1.51. The van der Waals surface area contributed by atoms with E-state index in [2.05, 4.69) is 17.2 Å². The van der Waals surface area contributed by atoms with Crippen molar-refractivity contribution in [3.05, 3.63) is 24.0 Å². The van der Waals surface area contributed by atoms with Crippen LogP contribution in [-0.2, 0) is 0 Å². The number of rotatable bonds is 4. The fourth-order valence-corrected chi connectivity index (χ4v) is 1.64. The van der Waals surface area contributed by atoms with E-state index in [1.54, 1.807) is 0 Å². The fraction of sp³-hybridized carbons (Fsp3) is 0.500. The third kappa shape index (κ3) is 3.22. The van der Waals surface area contributed by atoms with Crippen molar-refractivity contribution in [1.82, 2.24) is 10.3 Å². The van der Waals surface area contributed by atoms with Crippen LogP contribution in [-0.4, -0.2) is 21.5 Å². The zero-order valence-electron chi connectivity index (χ0n) is 9.95. The Morgan fingerprint density at radius 2 is 2.25 bits per heavy atom. The zero-order chi connectivity index (χ0) is 12.2. The Labute approximate surface area is 95.7 Å². The number of nitrogens with zero attached hydrogens (tertiary/aromatic N) is 1. The summed E-state index contributed by atoms with van der Waals surface area (Å²) in [5.41, 5.74) is 0.000770. The van der Waals surface area contributed by atoms with Gasteiger partial charge in [-0.05, 0) is 26.3 Å². The number of hydrogen-bond acceptors (Lipinski definition) is 3. The first-order valence-electron chi connectivity index (χ1n) is 5.42. The van der Waals surface area contributed by atoms with Crippen LogP contribution in [0.15, 0.2) is 18.5 Å². The van der Waals surface area contributed by atoms with Gasteiger partial charge in [-0.1, -0.05) is 13.3 Å². The van der Waals surface area contributed by atoms with Gasteiger partial charge in [0, 0.05) is 11.7 Å². The van der Waals surface area contributed by atoms with Crippen LogP contribution in [0, 0.1) is 0 Å². The summed E-state index contributed by atoms with van der Waals surface area (Å²) in [5, 5.41) is 12.4. The lowest BCUT2D eigenvalue weighted by atomic mass is 9.98. The predicted molar refractivity (Wildman–Crippen MR) is 62.4 cm³/mol. The van der Waals surface area contributed by atoms with Crippen molar-refractivity contribution in [3.8, 4) is 5.75 Å². The maximum Gasteiger partial charge on any atom is 0.255 e. The summed E-state index contributed by atoms with van der Waals surface area (Å²) in [4.78, 5) is 15.6. The molecule has 0 aromatic carbocycles. The Morgan fingerprint density at radius 3 is 2.81 bits per heavy atom. The van der Waals surface area contributed by atoms with E-state index in [1.807, 2.05) is 13.8 Å². The maximum atomic E-state index is 11.9. The van der Waals surface area contributed by atoms with E-state index in [0.29, 0.717) is 0 Å². The van der Waals surface area contributed by atoms with Crippen LogP contribution in [0.5, 0.6) is 5.75 Å². The average molecular weight is 222 g/mol. The molecule has 0 aliphatic rings. The molecule has 0 saturated carbocycles. The highest BCUT2D eigenvalue weighted by molar-refractivity contribution is 5.96. The number of pyridine rings is 1. The number of hydrogen-bond donors (Lipinski definition) is 2. The lowest BCUT2D eigenvalue weighted by Crippen LogP contribution is -2.43. The number of carbonyl (C=O) groups is 1. The number of aromatic nitrogens is 1. The molecule has 4 nitrogen and oxygen atoms in total. The first-order valence-corrected chi connectivity index (χ1v) is 5.42. The van der Waals surface area contributed by atoms with Gasteiger partial charge in [-0.25, -0.2) is 0 Å². The third-order valence-electron chi connectivity index (χ3n) is 2.37. The first kappa shape index (κ1) is 12.5. The van der Waals surface area contributed by atoms with E-state index >= 15 is 0 Å². The average Bonchev–Trinajstić information content (AvgIpc) is 2.17. The second-order valence-corrected chi connectivity index (χ2v) is 4.48. The van der Waals surface area contributed by atoms with E-state index in [4.69, 9.17) is 0 Å². The van der Waals surface area contributed by atoms with Gasteiger partial charge in [0.1, 0.15) is 5.75 Å². The van der Waals surface area contributed by atoms with Gasteiger partial charge in [-0.3, -0.25) is 9.78 Å². The van der Waals surface area contributed by atoms with Gasteiger partial charge < -0.3 is 10.4 Å². The van der Waals surface area contributed by atoms with Crippen LogP contribution in [0.3, 0.4) is 0 Å². The summed E-state index contributed by atoms with van der Waals surface area (Å²) in [6.07, 6.45) is 4.64. The minimum absolute atomic E-state index is 0.0905. The normalized spacial score (nSPS) is 11.2. The minimum atomic E-state index is -0.265. The largest absolute Gasteiger partial charge is 0.505 e. The molecular weight excluding hydrogens is 204 g/mol. The van der Waals surface area contributed by atoms with Gasteiger partial charge in [0.25, 0.3) is 5.91 Å². The van der Waals surface area contributed by atoms with Gasteiger partial charge in [0.15, 0.2) is 0 Å². The Hall–Kier alpha value is -1.58. The highest BCUT2D eigenvalue weighted by Gasteiger charge is 2.21. The molecule has 16 heavy (non-hydrogen) atoms. The maximum absolute atomic E-state index is 11.9. The highest BCUT2D eigenvalue weighted by Crippen LogP contribution is 2.17. The van der Waals surface area contributed by atoms with Crippen molar-refractivity contribution < 1.29 is 9.90 Å².